The average molecular weight is 416 g/mol. The number of hydrogen-bond donors (Lipinski definition) is 2. The SMILES string of the molecule is CC[C@]1(c2ccc(NC(=O)c3cncc(Br)c3)cc2)CCC(=O)NC1=O. The first-order valence-electron chi connectivity index (χ1n) is 8.31. The van der Waals surface area contributed by atoms with Crippen LogP contribution in [0.2, 0.25) is 0 Å². The molecular formula is C19H18BrN3O3. The van der Waals surface area contributed by atoms with Crippen LogP contribution < -0.4 is 10.6 Å². The van der Waals surface area contributed by atoms with Gasteiger partial charge in [0.1, 0.15) is 0 Å². The van der Waals surface area contributed by atoms with E-state index in [1.807, 2.05) is 19.1 Å². The van der Waals surface area contributed by atoms with Crippen molar-refractivity contribution >= 4 is 39.3 Å². The number of halogens is 1. The van der Waals surface area contributed by atoms with Crippen LogP contribution >= 0.6 is 15.9 Å². The molecule has 3 rings (SSSR count). The summed E-state index contributed by atoms with van der Waals surface area (Å²) in [5.41, 5.74) is 1.20. The lowest BCUT2D eigenvalue weighted by Crippen LogP contribution is -2.51. The molecule has 134 valence electrons. The quantitative estimate of drug-likeness (QED) is 0.750. The molecule has 1 atom stereocenters. The highest BCUT2D eigenvalue weighted by Crippen LogP contribution is 2.36. The Morgan fingerprint density at radius 3 is 2.62 bits per heavy atom. The van der Waals surface area contributed by atoms with Crippen LogP contribution in [0, 0.1) is 0 Å². The molecular weight excluding hydrogens is 398 g/mol. The molecule has 0 bridgehead atoms. The Bertz CT molecular complexity index is 867. The minimum Gasteiger partial charge on any atom is -0.322 e. The molecule has 1 fully saturated rings. The van der Waals surface area contributed by atoms with Gasteiger partial charge >= 0.3 is 0 Å². The summed E-state index contributed by atoms with van der Waals surface area (Å²) in [6.45, 7) is 1.94. The molecule has 2 heterocycles. The molecule has 1 aromatic carbocycles. The van der Waals surface area contributed by atoms with Crippen molar-refractivity contribution < 1.29 is 14.4 Å². The van der Waals surface area contributed by atoms with Crippen LogP contribution in [0.3, 0.4) is 0 Å². The van der Waals surface area contributed by atoms with Gasteiger partial charge in [-0.2, -0.15) is 0 Å². The van der Waals surface area contributed by atoms with Gasteiger partial charge in [0.2, 0.25) is 11.8 Å². The molecule has 26 heavy (non-hydrogen) atoms. The Morgan fingerprint density at radius 2 is 2.00 bits per heavy atom. The number of carbonyl (C=O) groups excluding carboxylic acids is 3. The molecule has 1 aliphatic rings. The number of piperidine rings is 1. The number of anilines is 1. The molecule has 7 heteroatoms. The van der Waals surface area contributed by atoms with E-state index < -0.39 is 5.41 Å². The highest BCUT2D eigenvalue weighted by atomic mass is 79.9. The number of rotatable bonds is 4. The molecule has 0 aliphatic carbocycles. The Hall–Kier alpha value is -2.54. The summed E-state index contributed by atoms with van der Waals surface area (Å²) in [7, 11) is 0. The lowest BCUT2D eigenvalue weighted by Gasteiger charge is -2.35. The standard InChI is InChI=1S/C19H18BrN3O3/c1-2-19(8-7-16(24)23-18(19)26)13-3-5-15(6-4-13)22-17(25)12-9-14(20)11-21-10-12/h3-6,9-11H,2,7-8H2,1H3,(H,22,25)(H,23,24,26)/t19-/m1/s1. The smallest absolute Gasteiger partial charge is 0.257 e. The van der Waals surface area contributed by atoms with Crippen LogP contribution in [0.1, 0.15) is 42.1 Å². The predicted molar refractivity (Wildman–Crippen MR) is 101 cm³/mol. The molecule has 1 saturated heterocycles. The molecule has 0 radical (unpaired) electrons. The Labute approximate surface area is 159 Å². The number of amides is 3. The van der Waals surface area contributed by atoms with E-state index in [1.165, 1.54) is 6.20 Å². The van der Waals surface area contributed by atoms with Crippen molar-refractivity contribution in [1.29, 1.82) is 0 Å². The molecule has 0 spiro atoms. The molecule has 3 amide bonds. The first-order valence-corrected chi connectivity index (χ1v) is 9.10. The van der Waals surface area contributed by atoms with E-state index in [0.717, 1.165) is 10.0 Å². The zero-order valence-electron chi connectivity index (χ0n) is 14.2. The molecule has 6 nitrogen and oxygen atoms in total. The number of nitrogens with zero attached hydrogens (tertiary/aromatic N) is 1. The molecule has 1 aromatic heterocycles. The maximum atomic E-state index is 12.4. The summed E-state index contributed by atoms with van der Waals surface area (Å²) in [6, 6.07) is 8.87. The number of aromatic nitrogens is 1. The number of benzene rings is 1. The topological polar surface area (TPSA) is 88.2 Å². The Balaban J connectivity index is 1.79. The molecule has 2 aromatic rings. The second kappa shape index (κ2) is 7.37. The van der Waals surface area contributed by atoms with Crippen molar-refractivity contribution in [3.05, 3.63) is 58.3 Å². The molecule has 0 saturated carbocycles. The van der Waals surface area contributed by atoms with Gasteiger partial charge in [0.15, 0.2) is 0 Å². The first-order chi connectivity index (χ1) is 12.4. The van der Waals surface area contributed by atoms with Gasteiger partial charge in [0.05, 0.1) is 11.0 Å². The van der Waals surface area contributed by atoms with Gasteiger partial charge in [0.25, 0.3) is 5.91 Å². The van der Waals surface area contributed by atoms with E-state index in [1.54, 1.807) is 24.4 Å². The molecule has 2 N–H and O–H groups in total. The summed E-state index contributed by atoms with van der Waals surface area (Å²) in [4.78, 5) is 40.1. The van der Waals surface area contributed by atoms with E-state index in [4.69, 9.17) is 0 Å². The van der Waals surface area contributed by atoms with Gasteiger partial charge in [-0.15, -0.1) is 0 Å². The fraction of sp³-hybridized carbons (Fsp3) is 0.263. The number of nitrogens with one attached hydrogen (secondary N) is 2. The van der Waals surface area contributed by atoms with E-state index >= 15 is 0 Å². The zero-order chi connectivity index (χ0) is 18.7. The monoisotopic (exact) mass is 415 g/mol. The second-order valence-corrected chi connectivity index (χ2v) is 7.15. The third-order valence-corrected chi connectivity index (χ3v) is 5.17. The van der Waals surface area contributed by atoms with Gasteiger partial charge < -0.3 is 5.32 Å². The summed E-state index contributed by atoms with van der Waals surface area (Å²) >= 11 is 3.29. The summed E-state index contributed by atoms with van der Waals surface area (Å²) in [5.74, 6) is -0.753. The van der Waals surface area contributed by atoms with Crippen molar-refractivity contribution in [2.24, 2.45) is 0 Å². The lowest BCUT2D eigenvalue weighted by atomic mass is 9.72. The van der Waals surface area contributed by atoms with Crippen molar-refractivity contribution in [3.63, 3.8) is 0 Å². The molecule has 1 aliphatic heterocycles. The zero-order valence-corrected chi connectivity index (χ0v) is 15.8. The van der Waals surface area contributed by atoms with E-state index in [0.29, 0.717) is 30.5 Å². The summed E-state index contributed by atoms with van der Waals surface area (Å²) in [5, 5.41) is 5.24. The van der Waals surface area contributed by atoms with Gasteiger partial charge in [-0.3, -0.25) is 24.7 Å². The van der Waals surface area contributed by atoms with Crippen molar-refractivity contribution in [2.75, 3.05) is 5.32 Å². The average Bonchev–Trinajstić information content (AvgIpc) is 2.63. The normalized spacial score (nSPS) is 19.8. The largest absolute Gasteiger partial charge is 0.322 e. The summed E-state index contributed by atoms with van der Waals surface area (Å²) < 4.78 is 0.725. The van der Waals surface area contributed by atoms with Crippen molar-refractivity contribution in [1.82, 2.24) is 10.3 Å². The highest BCUT2D eigenvalue weighted by Gasteiger charge is 2.42. The van der Waals surface area contributed by atoms with Crippen LogP contribution in [0.4, 0.5) is 5.69 Å². The minimum absolute atomic E-state index is 0.231. The van der Waals surface area contributed by atoms with Gasteiger partial charge in [0, 0.05) is 29.0 Å². The van der Waals surface area contributed by atoms with Gasteiger partial charge in [-0.1, -0.05) is 19.1 Å². The van der Waals surface area contributed by atoms with Crippen LogP contribution in [-0.2, 0) is 15.0 Å². The van der Waals surface area contributed by atoms with Crippen LogP contribution in [0.25, 0.3) is 0 Å². The van der Waals surface area contributed by atoms with Crippen LogP contribution in [-0.4, -0.2) is 22.7 Å². The third kappa shape index (κ3) is 3.53. The third-order valence-electron chi connectivity index (χ3n) is 4.73. The number of imide groups is 1. The van der Waals surface area contributed by atoms with Crippen LogP contribution in [0.5, 0.6) is 0 Å². The van der Waals surface area contributed by atoms with E-state index in [2.05, 4.69) is 31.5 Å². The van der Waals surface area contributed by atoms with Crippen LogP contribution in [0.15, 0.2) is 47.2 Å². The predicted octanol–water partition coefficient (Wildman–Crippen LogP) is 3.18. The number of pyridine rings is 1. The van der Waals surface area contributed by atoms with Gasteiger partial charge in [-0.05, 0) is 52.5 Å². The van der Waals surface area contributed by atoms with Crippen molar-refractivity contribution in [3.8, 4) is 0 Å². The second-order valence-electron chi connectivity index (χ2n) is 6.24. The van der Waals surface area contributed by atoms with Crippen molar-refractivity contribution in [2.45, 2.75) is 31.6 Å². The Kier molecular flexibility index (Phi) is 5.18. The summed E-state index contributed by atoms with van der Waals surface area (Å²) in [6.07, 6.45) is 4.51. The first kappa shape index (κ1) is 18.3. The fourth-order valence-electron chi connectivity index (χ4n) is 3.18. The minimum atomic E-state index is -0.704. The van der Waals surface area contributed by atoms with E-state index in [-0.39, 0.29) is 17.7 Å². The highest BCUT2D eigenvalue weighted by molar-refractivity contribution is 9.10. The fourth-order valence-corrected chi connectivity index (χ4v) is 3.54. The lowest BCUT2D eigenvalue weighted by molar-refractivity contribution is -0.138. The number of carbonyl (C=O) groups is 3. The Morgan fingerprint density at radius 1 is 1.27 bits per heavy atom. The molecule has 0 unspecified atom stereocenters. The maximum Gasteiger partial charge on any atom is 0.257 e. The number of hydrogen-bond acceptors (Lipinski definition) is 4. The maximum absolute atomic E-state index is 12.4. The van der Waals surface area contributed by atoms with E-state index in [9.17, 15) is 14.4 Å². The van der Waals surface area contributed by atoms with Gasteiger partial charge in [-0.25, -0.2) is 0 Å².